The van der Waals surface area contributed by atoms with Crippen molar-refractivity contribution >= 4 is 99.2 Å². The first kappa shape index (κ1) is 73.7. The standard InChI is InChI=1S/C84H96Cl2N4O9S2/c1-81(2)67-31-13-15-33-69(67)89(73(81)43-37-61-25-21-27-63(79(61)85)39-45-75-83(5,6)77-65-29-11-9-23-59(65)35-41-71(77)87(75)47-17-19-57-100(91,92)93)49-51-97-53-55-99-56-54-98-52-50-90-70-34-16-14-32-68(70)82(3,4)74(90)44-38-62-26-22-28-64(80(62)86)40-46-76-84(7,8)78-66-30-12-10-24-60(66)36-42-72(78)88(76)48-18-20-58-101(94,95)96/h9-16,23-24,29-46H,17-22,25-28,47-58H2,1-8H3. The largest absolute Gasteiger partial charge is 0.748 e. The van der Waals surface area contributed by atoms with E-state index in [-0.39, 0.29) is 33.2 Å². The molecule has 12 rings (SSSR count). The summed E-state index contributed by atoms with van der Waals surface area (Å²) in [6.45, 7) is 23.4. The molecule has 6 aromatic carbocycles. The van der Waals surface area contributed by atoms with Gasteiger partial charge in [0, 0.05) is 117 Å². The lowest BCUT2D eigenvalue weighted by Crippen LogP contribution is -2.29. The molecule has 17 heteroatoms. The van der Waals surface area contributed by atoms with E-state index in [2.05, 4.69) is 244 Å². The molecule has 532 valence electrons. The van der Waals surface area contributed by atoms with Gasteiger partial charge >= 0.3 is 0 Å². The van der Waals surface area contributed by atoms with Gasteiger partial charge in [0.1, 0.15) is 13.1 Å². The highest BCUT2D eigenvalue weighted by molar-refractivity contribution is 7.85. The molecule has 0 radical (unpaired) electrons. The highest BCUT2D eigenvalue weighted by Gasteiger charge is 2.48. The Morgan fingerprint density at radius 3 is 1.23 bits per heavy atom. The van der Waals surface area contributed by atoms with Crippen molar-refractivity contribution in [3.8, 4) is 0 Å². The molecule has 0 saturated carbocycles. The van der Waals surface area contributed by atoms with Gasteiger partial charge in [-0.25, -0.2) is 16.8 Å². The average molecular weight is 1440 g/mol. The second-order valence-corrected chi connectivity index (χ2v) is 33.4. The van der Waals surface area contributed by atoms with Crippen molar-refractivity contribution in [3.63, 3.8) is 0 Å². The fourth-order valence-corrected chi connectivity index (χ4v) is 18.1. The molecule has 0 saturated heterocycles. The smallest absolute Gasteiger partial charge is 0.210 e. The number of para-hydroxylation sites is 2. The Morgan fingerprint density at radius 2 is 0.822 bits per heavy atom. The molecule has 6 aromatic rings. The number of ether oxygens (including phenoxy) is 3. The molecule has 6 aliphatic rings. The maximum absolute atomic E-state index is 11.5. The van der Waals surface area contributed by atoms with Gasteiger partial charge in [0.15, 0.2) is 11.4 Å². The first-order valence-electron chi connectivity index (χ1n) is 35.9. The Bertz CT molecular complexity index is 4460. The van der Waals surface area contributed by atoms with Crippen molar-refractivity contribution in [2.75, 3.05) is 87.1 Å². The minimum Gasteiger partial charge on any atom is -0.748 e. The molecular weight excluding hydrogens is 1340 g/mol. The molecule has 0 unspecified atom stereocenters. The monoisotopic (exact) mass is 1440 g/mol. The van der Waals surface area contributed by atoms with Gasteiger partial charge in [-0.05, 0) is 170 Å². The summed E-state index contributed by atoms with van der Waals surface area (Å²) in [5.41, 5.74) is 17.2. The topological polar surface area (TPSA) is 155 Å². The lowest BCUT2D eigenvalue weighted by Gasteiger charge is -2.27. The van der Waals surface area contributed by atoms with Crippen molar-refractivity contribution in [2.24, 2.45) is 0 Å². The number of unbranched alkanes of at least 4 members (excludes halogenated alkanes) is 2. The minimum absolute atomic E-state index is 0.269. The molecule has 101 heavy (non-hydrogen) atoms. The van der Waals surface area contributed by atoms with E-state index in [1.807, 2.05) is 0 Å². The zero-order chi connectivity index (χ0) is 71.5. The van der Waals surface area contributed by atoms with Crippen LogP contribution in [0, 0.1) is 0 Å². The molecule has 2 aliphatic carbocycles. The third kappa shape index (κ3) is 15.8. The number of benzene rings is 6. The van der Waals surface area contributed by atoms with E-state index in [9.17, 15) is 25.9 Å². The second-order valence-electron chi connectivity index (χ2n) is 29.6. The maximum atomic E-state index is 11.5. The number of hydrogen-bond donors (Lipinski definition) is 0. The summed E-state index contributed by atoms with van der Waals surface area (Å²) in [6.07, 6.45) is 24.8. The maximum Gasteiger partial charge on any atom is 0.210 e. The van der Waals surface area contributed by atoms with Crippen molar-refractivity contribution < 1.29 is 49.3 Å². The molecule has 0 fully saturated rings. The van der Waals surface area contributed by atoms with Gasteiger partial charge in [-0.15, -0.1) is 0 Å². The Balaban J connectivity index is 0.656. The summed E-state index contributed by atoms with van der Waals surface area (Å²) in [7, 11) is -8.60. The molecule has 4 aliphatic heterocycles. The van der Waals surface area contributed by atoms with Gasteiger partial charge in [0.25, 0.3) is 0 Å². The van der Waals surface area contributed by atoms with Crippen molar-refractivity contribution in [3.05, 3.63) is 236 Å². The van der Waals surface area contributed by atoms with Crippen LogP contribution in [0.1, 0.15) is 142 Å². The van der Waals surface area contributed by atoms with Gasteiger partial charge in [-0.1, -0.05) is 160 Å². The Kier molecular flexibility index (Phi) is 22.4. The number of allylic oxidation sites excluding steroid dienone is 16. The van der Waals surface area contributed by atoms with E-state index in [1.54, 1.807) is 0 Å². The highest BCUT2D eigenvalue weighted by Crippen LogP contribution is 2.51. The van der Waals surface area contributed by atoms with E-state index < -0.39 is 20.2 Å². The van der Waals surface area contributed by atoms with Crippen LogP contribution < -0.4 is 9.80 Å². The number of fused-ring (bicyclic) bond motifs is 8. The van der Waals surface area contributed by atoms with Gasteiger partial charge in [0.2, 0.25) is 11.4 Å². The molecule has 0 atom stereocenters. The fourth-order valence-electron chi connectivity index (χ4n) is 16.4. The van der Waals surface area contributed by atoms with Crippen LogP contribution in [0.3, 0.4) is 0 Å². The summed E-state index contributed by atoms with van der Waals surface area (Å²) < 4.78 is 92.5. The summed E-state index contributed by atoms with van der Waals surface area (Å²) in [6, 6.07) is 42.8. The Morgan fingerprint density at radius 1 is 0.446 bits per heavy atom. The second kappa shape index (κ2) is 30.7. The predicted octanol–water partition coefficient (Wildman–Crippen LogP) is 17.8. The van der Waals surface area contributed by atoms with Gasteiger partial charge in [-0.3, -0.25) is 0 Å². The quantitative estimate of drug-likeness (QED) is 0.0262. The molecule has 0 N–H and O–H groups in total. The average Bonchev–Trinajstić information content (AvgIpc) is 1.60. The SMILES string of the molecule is CC1(C)C(/C=C/C2=C(Cl)C(=C\C=C3/N(CCOCCOCCOCCN4/C(=C/C=C5\CCCC(/C=C/C6=[N+](CCCCS(=O)(=O)[O-])c7ccc8ccccc8c7C6(C)C)=C5Cl)C(C)(C)c5ccccc54)c4ccccc4C3(C)C)/CCC2)=[N+](CCCCS(=O)(=O)[O-])c2ccc3ccccc3c21. The molecule has 0 bridgehead atoms. The summed E-state index contributed by atoms with van der Waals surface area (Å²) in [5.74, 6) is -0.748. The van der Waals surface area contributed by atoms with E-state index in [1.165, 1.54) is 66.6 Å². The third-order valence-corrected chi connectivity index (χ3v) is 24.1. The van der Waals surface area contributed by atoms with E-state index in [0.717, 1.165) is 93.7 Å². The van der Waals surface area contributed by atoms with Gasteiger partial charge in [-0.2, -0.15) is 9.15 Å². The fraction of sp³-hybridized carbons (Fsp3) is 0.405. The van der Waals surface area contributed by atoms with Crippen LogP contribution in [-0.4, -0.2) is 124 Å². The number of rotatable bonds is 28. The van der Waals surface area contributed by atoms with Crippen LogP contribution in [0.15, 0.2) is 214 Å². The lowest BCUT2D eigenvalue weighted by molar-refractivity contribution is -0.438. The first-order valence-corrected chi connectivity index (χ1v) is 39.8. The van der Waals surface area contributed by atoms with Gasteiger partial charge in [0.05, 0.1) is 70.7 Å². The molecule has 0 aromatic heterocycles. The van der Waals surface area contributed by atoms with Crippen molar-refractivity contribution in [2.45, 2.75) is 141 Å². The Hall–Kier alpha value is -7.02. The zero-order valence-electron chi connectivity index (χ0n) is 59.8. The Labute approximate surface area is 608 Å². The minimum atomic E-state index is -4.30. The van der Waals surface area contributed by atoms with Crippen LogP contribution in [0.5, 0.6) is 0 Å². The van der Waals surface area contributed by atoms with Crippen LogP contribution in [0.2, 0.25) is 0 Å². The zero-order valence-corrected chi connectivity index (χ0v) is 62.9. The summed E-state index contributed by atoms with van der Waals surface area (Å²) in [4.78, 5) is 4.77. The molecule has 4 heterocycles. The third-order valence-electron chi connectivity index (χ3n) is 21.5. The normalized spacial score (nSPS) is 20.3. The number of hydrogen-bond acceptors (Lipinski definition) is 11. The summed E-state index contributed by atoms with van der Waals surface area (Å²) >= 11 is 14.8. The van der Waals surface area contributed by atoms with Crippen molar-refractivity contribution in [1.82, 2.24) is 0 Å². The molecule has 0 spiro atoms. The summed E-state index contributed by atoms with van der Waals surface area (Å²) in [5, 5.41) is 6.26. The van der Waals surface area contributed by atoms with Crippen LogP contribution in [0.25, 0.3) is 21.5 Å². The van der Waals surface area contributed by atoms with Crippen LogP contribution >= 0.6 is 23.2 Å². The number of anilines is 2. The van der Waals surface area contributed by atoms with Gasteiger partial charge < -0.3 is 33.1 Å². The number of nitrogens with zero attached hydrogens (tertiary/aromatic N) is 4. The highest BCUT2D eigenvalue weighted by atomic mass is 35.5. The predicted molar refractivity (Wildman–Crippen MR) is 411 cm³/mol. The van der Waals surface area contributed by atoms with E-state index in [0.29, 0.717) is 91.5 Å². The molecular formula is C84H96Cl2N4O9S2. The van der Waals surface area contributed by atoms with Crippen LogP contribution in [0.4, 0.5) is 22.7 Å². The molecule has 13 nitrogen and oxygen atoms in total. The van der Waals surface area contributed by atoms with E-state index >= 15 is 0 Å². The van der Waals surface area contributed by atoms with E-state index in [4.69, 9.17) is 37.4 Å². The number of halogens is 2. The lowest BCUT2D eigenvalue weighted by atomic mass is 9.78. The van der Waals surface area contributed by atoms with Crippen LogP contribution in [-0.2, 0) is 56.1 Å². The first-order chi connectivity index (χ1) is 48.3. The molecule has 0 amide bonds. The van der Waals surface area contributed by atoms with Crippen molar-refractivity contribution in [1.29, 1.82) is 0 Å².